The molecule has 2 unspecified atom stereocenters. The Balaban J connectivity index is 1.46. The number of rotatable bonds is 5. The van der Waals surface area contributed by atoms with E-state index in [1.54, 1.807) is 0 Å². The number of hydrogen-bond acceptors (Lipinski definition) is 5. The Bertz CT molecular complexity index is 862. The number of benzene rings is 1. The molecule has 26 heavy (non-hydrogen) atoms. The molecule has 2 heterocycles. The zero-order valence-electron chi connectivity index (χ0n) is 14.4. The van der Waals surface area contributed by atoms with Gasteiger partial charge in [0.05, 0.1) is 16.9 Å². The first-order valence-electron chi connectivity index (χ1n) is 9.15. The monoisotopic (exact) mass is 355 g/mol. The van der Waals surface area contributed by atoms with Crippen LogP contribution in [0.4, 0.5) is 15.8 Å². The number of anilines is 2. The van der Waals surface area contributed by atoms with E-state index in [9.17, 15) is 9.18 Å². The van der Waals surface area contributed by atoms with Gasteiger partial charge in [-0.3, -0.25) is 4.79 Å². The van der Waals surface area contributed by atoms with E-state index in [-0.39, 0.29) is 11.0 Å². The molecule has 7 heteroatoms. The highest BCUT2D eigenvalue weighted by molar-refractivity contribution is 6.04. The maximum Gasteiger partial charge on any atom is 0.250 e. The van der Waals surface area contributed by atoms with Crippen molar-refractivity contribution < 1.29 is 9.18 Å². The minimum Gasteiger partial charge on any atom is -0.366 e. The maximum atomic E-state index is 13.8. The molecule has 5 N–H and O–H groups in total. The van der Waals surface area contributed by atoms with Crippen molar-refractivity contribution in [3.05, 3.63) is 34.9 Å². The normalized spacial score (nSPS) is 30.9. The van der Waals surface area contributed by atoms with Gasteiger partial charge in [0, 0.05) is 36.8 Å². The van der Waals surface area contributed by atoms with E-state index in [1.807, 2.05) is 0 Å². The number of halogens is 1. The Morgan fingerprint density at radius 3 is 2.92 bits per heavy atom. The highest BCUT2D eigenvalue weighted by atomic mass is 19.1. The lowest BCUT2D eigenvalue weighted by atomic mass is 9.95. The molecule has 3 fully saturated rings. The van der Waals surface area contributed by atoms with Gasteiger partial charge in [0.2, 0.25) is 0 Å². The molecule has 2 atom stereocenters. The van der Waals surface area contributed by atoms with E-state index in [0.717, 1.165) is 43.6 Å². The van der Waals surface area contributed by atoms with Gasteiger partial charge in [0.25, 0.3) is 5.91 Å². The van der Waals surface area contributed by atoms with Crippen LogP contribution in [0.5, 0.6) is 0 Å². The zero-order chi connectivity index (χ0) is 18.1. The van der Waals surface area contributed by atoms with Gasteiger partial charge in [-0.2, -0.15) is 0 Å². The quantitative estimate of drug-likeness (QED) is 0.610. The third-order valence-corrected chi connectivity index (χ3v) is 6.26. The second-order valence-electron chi connectivity index (χ2n) is 8.12. The first-order valence-corrected chi connectivity index (χ1v) is 9.15. The van der Waals surface area contributed by atoms with Gasteiger partial charge in [-0.25, -0.2) is 4.39 Å². The maximum absolute atomic E-state index is 13.8. The fraction of sp³-hybridized carbons (Fsp3) is 0.474. The Kier molecular flexibility index (Phi) is 3.22. The van der Waals surface area contributed by atoms with Crippen molar-refractivity contribution in [2.75, 3.05) is 30.3 Å². The van der Waals surface area contributed by atoms with Crippen LogP contribution in [0.3, 0.4) is 0 Å². The van der Waals surface area contributed by atoms with Crippen molar-refractivity contribution in [2.45, 2.75) is 19.3 Å². The lowest BCUT2D eigenvalue weighted by Crippen LogP contribution is -2.29. The molecule has 6 nitrogen and oxygen atoms in total. The van der Waals surface area contributed by atoms with E-state index >= 15 is 0 Å². The van der Waals surface area contributed by atoms with E-state index < -0.39 is 11.7 Å². The summed E-state index contributed by atoms with van der Waals surface area (Å²) < 4.78 is 13.8. The van der Waals surface area contributed by atoms with Crippen molar-refractivity contribution >= 4 is 23.5 Å². The van der Waals surface area contributed by atoms with Crippen LogP contribution in [0.1, 0.15) is 29.6 Å². The minimum atomic E-state index is -0.674. The number of nitrogens with one attached hydrogen (secondary N) is 3. The molecule has 1 amide bonds. The second-order valence-corrected chi connectivity index (χ2v) is 8.12. The molecule has 0 bridgehead atoms. The SMILES string of the molecule is N=C/C(=C1/Nc2cc(F)cc(C(N)=O)c2N1)C12CC1CN(CC1CC1)C2. The third-order valence-electron chi connectivity index (χ3n) is 6.26. The third kappa shape index (κ3) is 2.34. The molecule has 4 aliphatic rings. The minimum absolute atomic E-state index is 0.000548. The molecular formula is C19H22FN5O. The van der Waals surface area contributed by atoms with Crippen molar-refractivity contribution in [3.63, 3.8) is 0 Å². The standard InChI is InChI=1S/C19H22FN5O/c20-12-3-13(17(22)26)16-15(4-12)23-18(24-16)14(6-21)19-5-11(19)8-25(9-19)7-10-1-2-10/h3-4,6,10-11,21,23-24H,1-2,5,7-9H2,(H2,22,26)/b18-14+,21-6?. The number of carbonyl (C=O) groups excluding carboxylic acids is 1. The summed E-state index contributed by atoms with van der Waals surface area (Å²) in [5.41, 5.74) is 7.42. The van der Waals surface area contributed by atoms with Crippen LogP contribution in [0, 0.1) is 28.5 Å². The molecule has 2 aliphatic carbocycles. The van der Waals surface area contributed by atoms with Gasteiger partial charge in [-0.1, -0.05) is 0 Å². The lowest BCUT2D eigenvalue weighted by Gasteiger charge is -2.22. The number of carbonyl (C=O) groups is 1. The number of nitrogens with two attached hydrogens (primary N) is 1. The van der Waals surface area contributed by atoms with Gasteiger partial charge >= 0.3 is 0 Å². The summed E-state index contributed by atoms with van der Waals surface area (Å²) >= 11 is 0. The fourth-order valence-corrected chi connectivity index (χ4v) is 4.73. The summed E-state index contributed by atoms with van der Waals surface area (Å²) in [5.74, 6) is 0.924. The summed E-state index contributed by atoms with van der Waals surface area (Å²) in [5, 5.41) is 14.4. The Labute approximate surface area is 151 Å². The number of primary amides is 1. The first kappa shape index (κ1) is 15.8. The summed E-state index contributed by atoms with van der Waals surface area (Å²) in [6.07, 6.45) is 5.17. The molecule has 2 saturated carbocycles. The highest BCUT2D eigenvalue weighted by Crippen LogP contribution is 2.63. The molecule has 0 radical (unpaired) electrons. The van der Waals surface area contributed by atoms with E-state index in [2.05, 4.69) is 15.5 Å². The van der Waals surface area contributed by atoms with Crippen molar-refractivity contribution in [2.24, 2.45) is 23.0 Å². The van der Waals surface area contributed by atoms with Crippen LogP contribution in [0.2, 0.25) is 0 Å². The molecule has 0 aromatic heterocycles. The van der Waals surface area contributed by atoms with Gasteiger partial charge in [0.1, 0.15) is 11.6 Å². The van der Waals surface area contributed by atoms with Crippen LogP contribution in [-0.2, 0) is 0 Å². The van der Waals surface area contributed by atoms with Gasteiger partial charge in [-0.15, -0.1) is 0 Å². The molecule has 136 valence electrons. The number of fused-ring (bicyclic) bond motifs is 2. The van der Waals surface area contributed by atoms with Gasteiger partial charge in [-0.05, 0) is 43.2 Å². The van der Waals surface area contributed by atoms with Gasteiger partial charge < -0.3 is 26.7 Å². The predicted molar refractivity (Wildman–Crippen MR) is 97.7 cm³/mol. The molecule has 5 rings (SSSR count). The van der Waals surface area contributed by atoms with Crippen LogP contribution < -0.4 is 16.4 Å². The Morgan fingerprint density at radius 1 is 1.42 bits per heavy atom. The summed E-state index contributed by atoms with van der Waals surface area (Å²) in [4.78, 5) is 14.2. The van der Waals surface area contributed by atoms with Crippen LogP contribution in [0.15, 0.2) is 23.5 Å². The van der Waals surface area contributed by atoms with E-state index in [0.29, 0.717) is 23.1 Å². The smallest absolute Gasteiger partial charge is 0.250 e. The molecule has 1 aromatic carbocycles. The van der Waals surface area contributed by atoms with Crippen molar-refractivity contribution in [3.8, 4) is 0 Å². The zero-order valence-corrected chi connectivity index (χ0v) is 14.4. The number of likely N-dealkylation sites (tertiary alicyclic amines) is 1. The number of nitrogens with zero attached hydrogens (tertiary/aromatic N) is 1. The van der Waals surface area contributed by atoms with Gasteiger partial charge in [0.15, 0.2) is 0 Å². The molecule has 1 aromatic rings. The predicted octanol–water partition coefficient (Wildman–Crippen LogP) is 2.36. The summed E-state index contributed by atoms with van der Waals surface area (Å²) in [6.45, 7) is 3.23. The largest absolute Gasteiger partial charge is 0.366 e. The molecule has 2 aliphatic heterocycles. The average Bonchev–Trinajstić information content (AvgIpc) is 3.44. The molecule has 1 saturated heterocycles. The average molecular weight is 355 g/mol. The Hall–Kier alpha value is -2.41. The lowest BCUT2D eigenvalue weighted by molar-refractivity contribution is 0.100. The topological polar surface area (TPSA) is 94.2 Å². The number of piperidine rings is 1. The van der Waals surface area contributed by atoms with Crippen molar-refractivity contribution in [1.82, 2.24) is 4.90 Å². The fourth-order valence-electron chi connectivity index (χ4n) is 4.73. The van der Waals surface area contributed by atoms with Crippen molar-refractivity contribution in [1.29, 1.82) is 5.41 Å². The highest BCUT2D eigenvalue weighted by Gasteiger charge is 2.62. The van der Waals surface area contributed by atoms with Crippen LogP contribution >= 0.6 is 0 Å². The number of amides is 1. The summed E-state index contributed by atoms with van der Waals surface area (Å²) in [7, 11) is 0. The number of hydrogen-bond donors (Lipinski definition) is 4. The summed E-state index contributed by atoms with van der Waals surface area (Å²) in [6, 6.07) is 2.49. The second kappa shape index (κ2) is 5.30. The molecular weight excluding hydrogens is 333 g/mol. The van der Waals surface area contributed by atoms with E-state index in [4.69, 9.17) is 11.1 Å². The van der Waals surface area contributed by atoms with Crippen LogP contribution in [0.25, 0.3) is 0 Å². The first-order chi connectivity index (χ1) is 12.5. The van der Waals surface area contributed by atoms with E-state index in [1.165, 1.54) is 25.1 Å². The molecule has 0 spiro atoms. The van der Waals surface area contributed by atoms with Crippen LogP contribution in [-0.4, -0.2) is 36.7 Å². The Morgan fingerprint density at radius 2 is 2.23 bits per heavy atom.